The van der Waals surface area contributed by atoms with Gasteiger partial charge in [0.25, 0.3) is 0 Å². The van der Waals surface area contributed by atoms with E-state index in [1.807, 2.05) is 19.9 Å². The molecule has 0 atom stereocenters. The molecule has 0 N–H and O–H groups in total. The molecule has 2 rings (SSSR count). The Morgan fingerprint density at radius 1 is 1.47 bits per heavy atom. The Balaban J connectivity index is 2.29. The summed E-state index contributed by atoms with van der Waals surface area (Å²) in [4.78, 5) is 17.0. The maximum atomic E-state index is 12.9. The first-order valence-electron chi connectivity index (χ1n) is 7.18. The van der Waals surface area contributed by atoms with Crippen LogP contribution in [0.25, 0.3) is 0 Å². The molecule has 1 aliphatic carbocycles. The maximum Gasteiger partial charge on any atom is 0.196 e. The summed E-state index contributed by atoms with van der Waals surface area (Å²) in [6, 6.07) is 1.89. The minimum absolute atomic E-state index is 0.117. The van der Waals surface area contributed by atoms with Gasteiger partial charge >= 0.3 is 0 Å². The third-order valence-electron chi connectivity index (χ3n) is 4.20. The number of carbonyl (C=O) groups is 1. The number of ketones is 1. The largest absolute Gasteiger partial charge is 0.367 e. The van der Waals surface area contributed by atoms with Crippen LogP contribution in [0, 0.1) is 12.8 Å². The highest BCUT2D eigenvalue weighted by molar-refractivity contribution is 6.03. The van der Waals surface area contributed by atoms with Crippen LogP contribution in [0.1, 0.15) is 55.5 Å². The first kappa shape index (κ1) is 14.2. The molecule has 3 heteroatoms. The van der Waals surface area contributed by atoms with Gasteiger partial charge in [-0.2, -0.15) is 0 Å². The second-order valence-corrected chi connectivity index (χ2v) is 5.63. The predicted molar refractivity (Wildman–Crippen MR) is 75.3 cm³/mol. The van der Waals surface area contributed by atoms with Gasteiger partial charge in [-0.3, -0.25) is 9.78 Å². The van der Waals surface area contributed by atoms with Crippen molar-refractivity contribution in [2.75, 3.05) is 6.61 Å². The van der Waals surface area contributed by atoms with E-state index in [1.165, 1.54) is 0 Å². The zero-order chi connectivity index (χ0) is 13.9. The van der Waals surface area contributed by atoms with Crippen LogP contribution in [0.3, 0.4) is 0 Å². The lowest BCUT2D eigenvalue weighted by Crippen LogP contribution is -2.45. The highest BCUT2D eigenvalue weighted by Gasteiger charge is 2.42. The molecule has 0 radical (unpaired) electrons. The molecule has 0 spiro atoms. The average molecular weight is 261 g/mol. The molecule has 19 heavy (non-hydrogen) atoms. The molecule has 0 amide bonds. The fourth-order valence-corrected chi connectivity index (χ4v) is 2.89. The molecule has 0 aliphatic heterocycles. The van der Waals surface area contributed by atoms with E-state index in [0.29, 0.717) is 18.1 Å². The lowest BCUT2D eigenvalue weighted by molar-refractivity contribution is -0.0474. The molecule has 0 saturated heterocycles. The molecule has 1 fully saturated rings. The lowest BCUT2D eigenvalue weighted by Gasteiger charge is -2.38. The van der Waals surface area contributed by atoms with Crippen LogP contribution in [-0.2, 0) is 4.74 Å². The lowest BCUT2D eigenvalue weighted by atomic mass is 9.75. The Morgan fingerprint density at radius 2 is 2.16 bits per heavy atom. The predicted octanol–water partition coefficient (Wildman–Crippen LogP) is 3.56. The topological polar surface area (TPSA) is 39.2 Å². The summed E-state index contributed by atoms with van der Waals surface area (Å²) in [7, 11) is 0. The number of pyridine rings is 1. The highest BCUT2D eigenvalue weighted by Crippen LogP contribution is 2.37. The zero-order valence-electron chi connectivity index (χ0n) is 12.1. The van der Waals surface area contributed by atoms with Gasteiger partial charge in [0.1, 0.15) is 5.60 Å². The van der Waals surface area contributed by atoms with Gasteiger partial charge in [-0.1, -0.05) is 6.92 Å². The summed E-state index contributed by atoms with van der Waals surface area (Å²) in [6.45, 7) is 6.75. The molecule has 0 unspecified atom stereocenters. The number of nitrogens with zero attached hydrogens (tertiary/aromatic N) is 1. The van der Waals surface area contributed by atoms with Gasteiger partial charge in [-0.25, -0.2) is 0 Å². The Morgan fingerprint density at radius 3 is 2.74 bits per heavy atom. The first-order valence-corrected chi connectivity index (χ1v) is 7.18. The Labute approximate surface area is 115 Å². The number of aromatic nitrogens is 1. The van der Waals surface area contributed by atoms with Crippen molar-refractivity contribution in [2.45, 2.75) is 52.1 Å². The molecule has 0 aromatic carbocycles. The fraction of sp³-hybridized carbons (Fsp3) is 0.625. The minimum Gasteiger partial charge on any atom is -0.367 e. The second kappa shape index (κ2) is 5.83. The van der Waals surface area contributed by atoms with E-state index >= 15 is 0 Å². The van der Waals surface area contributed by atoms with Crippen LogP contribution in [0.15, 0.2) is 18.5 Å². The molecule has 3 nitrogen and oxygen atoms in total. The van der Waals surface area contributed by atoms with Crippen molar-refractivity contribution in [3.8, 4) is 0 Å². The summed E-state index contributed by atoms with van der Waals surface area (Å²) in [5.74, 6) is 0.809. The standard InChI is InChI=1S/C16H23NO2/c1-4-19-16(8-5-12(2)6-9-16)15(18)14-11-17-10-7-13(14)3/h7,10-12H,4-6,8-9H2,1-3H3. The number of rotatable bonds is 4. The quantitative estimate of drug-likeness (QED) is 0.778. The summed E-state index contributed by atoms with van der Waals surface area (Å²) in [5.41, 5.74) is 1.08. The molecule has 1 aromatic rings. The van der Waals surface area contributed by atoms with Gasteiger partial charge < -0.3 is 4.74 Å². The molecular formula is C16H23NO2. The van der Waals surface area contributed by atoms with Crippen molar-refractivity contribution >= 4 is 5.78 Å². The van der Waals surface area contributed by atoms with Gasteiger partial charge in [-0.15, -0.1) is 0 Å². The smallest absolute Gasteiger partial charge is 0.196 e. The van der Waals surface area contributed by atoms with Crippen molar-refractivity contribution in [1.29, 1.82) is 0 Å². The molecule has 0 bridgehead atoms. The SMILES string of the molecule is CCOC1(C(=O)c2cnccc2C)CCC(C)CC1. The number of hydrogen-bond acceptors (Lipinski definition) is 3. The number of ether oxygens (including phenoxy) is 1. The van der Waals surface area contributed by atoms with Crippen molar-refractivity contribution in [3.63, 3.8) is 0 Å². The van der Waals surface area contributed by atoms with Gasteiger partial charge in [0.05, 0.1) is 0 Å². The van der Waals surface area contributed by atoms with Crippen molar-refractivity contribution in [3.05, 3.63) is 29.6 Å². The molecule has 104 valence electrons. The monoisotopic (exact) mass is 261 g/mol. The average Bonchev–Trinajstić information content (AvgIpc) is 2.42. The number of hydrogen-bond donors (Lipinski definition) is 0. The Hall–Kier alpha value is -1.22. The fourth-order valence-electron chi connectivity index (χ4n) is 2.89. The van der Waals surface area contributed by atoms with Crippen molar-refractivity contribution < 1.29 is 9.53 Å². The molecule has 1 saturated carbocycles. The van der Waals surface area contributed by atoms with E-state index in [2.05, 4.69) is 11.9 Å². The van der Waals surface area contributed by atoms with Crippen LogP contribution >= 0.6 is 0 Å². The second-order valence-electron chi connectivity index (χ2n) is 5.63. The summed E-state index contributed by atoms with van der Waals surface area (Å²) >= 11 is 0. The Bertz CT molecular complexity index is 448. The Kier molecular flexibility index (Phi) is 4.35. The summed E-state index contributed by atoms with van der Waals surface area (Å²) in [5, 5.41) is 0. The number of Topliss-reactive ketones (excluding diaryl/α,β-unsaturated/α-hetero) is 1. The van der Waals surface area contributed by atoms with E-state index in [-0.39, 0.29) is 5.78 Å². The van der Waals surface area contributed by atoms with Crippen LogP contribution in [0.4, 0.5) is 0 Å². The third kappa shape index (κ3) is 2.86. The summed E-state index contributed by atoms with van der Waals surface area (Å²) < 4.78 is 5.91. The number of aryl methyl sites for hydroxylation is 1. The van der Waals surface area contributed by atoms with Crippen LogP contribution < -0.4 is 0 Å². The number of carbonyl (C=O) groups excluding carboxylic acids is 1. The minimum atomic E-state index is -0.616. The van der Waals surface area contributed by atoms with E-state index in [1.54, 1.807) is 12.4 Å². The molecular weight excluding hydrogens is 238 g/mol. The van der Waals surface area contributed by atoms with Crippen LogP contribution in [0.2, 0.25) is 0 Å². The highest BCUT2D eigenvalue weighted by atomic mass is 16.5. The van der Waals surface area contributed by atoms with E-state index in [0.717, 1.165) is 31.2 Å². The maximum absolute atomic E-state index is 12.9. The van der Waals surface area contributed by atoms with Gasteiger partial charge in [-0.05, 0) is 57.1 Å². The van der Waals surface area contributed by atoms with Crippen molar-refractivity contribution in [2.24, 2.45) is 5.92 Å². The van der Waals surface area contributed by atoms with Gasteiger partial charge in [0, 0.05) is 24.6 Å². The van der Waals surface area contributed by atoms with Crippen molar-refractivity contribution in [1.82, 2.24) is 4.98 Å². The van der Waals surface area contributed by atoms with Crippen LogP contribution in [-0.4, -0.2) is 23.0 Å². The molecule has 1 aliphatic rings. The van der Waals surface area contributed by atoms with Gasteiger partial charge in [0.15, 0.2) is 5.78 Å². The van der Waals surface area contributed by atoms with E-state index < -0.39 is 5.60 Å². The molecule has 1 aromatic heterocycles. The first-order chi connectivity index (χ1) is 9.09. The van der Waals surface area contributed by atoms with E-state index in [9.17, 15) is 4.79 Å². The molecule has 1 heterocycles. The van der Waals surface area contributed by atoms with Gasteiger partial charge in [0.2, 0.25) is 0 Å². The van der Waals surface area contributed by atoms with Crippen LogP contribution in [0.5, 0.6) is 0 Å². The normalized spacial score (nSPS) is 27.2. The third-order valence-corrected chi connectivity index (χ3v) is 4.20. The zero-order valence-corrected chi connectivity index (χ0v) is 12.1. The van der Waals surface area contributed by atoms with E-state index in [4.69, 9.17) is 4.74 Å². The summed E-state index contributed by atoms with van der Waals surface area (Å²) in [6.07, 6.45) is 7.18.